The van der Waals surface area contributed by atoms with E-state index in [9.17, 15) is 24.7 Å². The van der Waals surface area contributed by atoms with Crippen LogP contribution in [0.25, 0.3) is 0 Å². The molecule has 1 aliphatic rings. The highest BCUT2D eigenvalue weighted by Crippen LogP contribution is 2.23. The van der Waals surface area contributed by atoms with Crippen molar-refractivity contribution in [2.75, 3.05) is 0 Å². The van der Waals surface area contributed by atoms with Gasteiger partial charge in [0.15, 0.2) is 0 Å². The number of carbonyl (C=O) groups excluding carboxylic acids is 3. The number of imide groups is 1. The van der Waals surface area contributed by atoms with Gasteiger partial charge >= 0.3 is 6.03 Å². The second-order valence-electron chi connectivity index (χ2n) is 8.13. The zero-order valence-corrected chi connectivity index (χ0v) is 18.0. The third kappa shape index (κ3) is 7.30. The van der Waals surface area contributed by atoms with Gasteiger partial charge in [0.2, 0.25) is 0 Å². The second kappa shape index (κ2) is 10.1. The van der Waals surface area contributed by atoms with Crippen LogP contribution in [-0.2, 0) is 9.59 Å². The topological polar surface area (TPSA) is 134 Å². The Morgan fingerprint density at radius 1 is 1.29 bits per heavy atom. The number of urea groups is 1. The molecule has 0 bridgehead atoms. The monoisotopic (exact) mass is 417 g/mol. The van der Waals surface area contributed by atoms with Crippen molar-refractivity contribution in [1.29, 1.82) is 0 Å². The van der Waals surface area contributed by atoms with Gasteiger partial charge in [0.1, 0.15) is 12.1 Å². The summed E-state index contributed by atoms with van der Waals surface area (Å²) in [5, 5.41) is 21.9. The molecule has 2 atom stereocenters. The standard InChI is InChI=1S/C17H31N5O5S/c1-10(2)7-8-12(23)15(25)21(27)16(26)19-13(17(4,5)6)14(24)20-22-18-9-11(3)28-22/h9-10,12-13,18,23,27H,7-8H2,1-6H3,(H,19,26)(H,20,24)/t12-,13+/m0/s1. The number of rotatable bonds is 7. The molecule has 11 heteroatoms. The maximum absolute atomic E-state index is 12.6. The molecule has 10 nitrogen and oxygen atoms in total. The fourth-order valence-corrected chi connectivity index (χ4v) is 2.92. The van der Waals surface area contributed by atoms with Crippen molar-refractivity contribution < 1.29 is 24.7 Å². The van der Waals surface area contributed by atoms with Gasteiger partial charge in [-0.1, -0.05) is 39.1 Å². The van der Waals surface area contributed by atoms with Crippen molar-refractivity contribution in [3.8, 4) is 0 Å². The lowest BCUT2D eigenvalue weighted by atomic mass is 9.86. The van der Waals surface area contributed by atoms with Gasteiger partial charge in [0, 0.05) is 11.1 Å². The van der Waals surface area contributed by atoms with Crippen LogP contribution in [0.15, 0.2) is 11.1 Å². The number of nitrogens with one attached hydrogen (secondary N) is 3. The Morgan fingerprint density at radius 3 is 2.36 bits per heavy atom. The minimum atomic E-state index is -1.50. The van der Waals surface area contributed by atoms with Gasteiger partial charge in [0.25, 0.3) is 11.8 Å². The largest absolute Gasteiger partial charge is 0.383 e. The predicted molar refractivity (Wildman–Crippen MR) is 105 cm³/mol. The summed E-state index contributed by atoms with van der Waals surface area (Å²) in [5.41, 5.74) is 4.69. The summed E-state index contributed by atoms with van der Waals surface area (Å²) in [4.78, 5) is 37.9. The van der Waals surface area contributed by atoms with Crippen molar-refractivity contribution in [1.82, 2.24) is 25.8 Å². The highest BCUT2D eigenvalue weighted by Gasteiger charge is 2.37. The predicted octanol–water partition coefficient (Wildman–Crippen LogP) is 1.49. The lowest BCUT2D eigenvalue weighted by molar-refractivity contribution is -0.163. The molecule has 4 amide bonds. The number of carbonyl (C=O) groups is 3. The fourth-order valence-electron chi connectivity index (χ4n) is 2.28. The normalized spacial score (nSPS) is 16.8. The first-order valence-electron chi connectivity index (χ1n) is 9.05. The van der Waals surface area contributed by atoms with Crippen LogP contribution in [0.2, 0.25) is 0 Å². The molecule has 0 unspecified atom stereocenters. The Balaban J connectivity index is 2.73. The average molecular weight is 418 g/mol. The number of aliphatic hydroxyl groups is 1. The van der Waals surface area contributed by atoms with Crippen LogP contribution < -0.4 is 16.2 Å². The molecule has 0 fully saturated rings. The minimum absolute atomic E-state index is 0.119. The number of amides is 4. The van der Waals surface area contributed by atoms with E-state index in [-0.39, 0.29) is 17.4 Å². The van der Waals surface area contributed by atoms with Gasteiger partial charge in [-0.25, -0.2) is 4.79 Å². The lowest BCUT2D eigenvalue weighted by Crippen LogP contribution is -2.59. The van der Waals surface area contributed by atoms with Gasteiger partial charge < -0.3 is 10.4 Å². The molecule has 0 saturated carbocycles. The smallest absolute Gasteiger partial charge is 0.349 e. The molecule has 0 aliphatic carbocycles. The highest BCUT2D eigenvalue weighted by molar-refractivity contribution is 8.00. The molecule has 1 aliphatic heterocycles. The van der Waals surface area contributed by atoms with Crippen molar-refractivity contribution in [2.24, 2.45) is 11.3 Å². The Morgan fingerprint density at radius 2 is 1.89 bits per heavy atom. The van der Waals surface area contributed by atoms with Gasteiger partial charge in [-0.15, -0.1) is 5.06 Å². The molecule has 1 heterocycles. The molecular weight excluding hydrogens is 386 g/mol. The van der Waals surface area contributed by atoms with Crippen molar-refractivity contribution in [2.45, 2.75) is 66.5 Å². The van der Waals surface area contributed by atoms with E-state index in [1.807, 2.05) is 20.8 Å². The van der Waals surface area contributed by atoms with Crippen LogP contribution in [0.4, 0.5) is 4.79 Å². The number of hydrogen-bond acceptors (Lipinski definition) is 8. The summed E-state index contributed by atoms with van der Waals surface area (Å²) in [6.07, 6.45) is 0.874. The van der Waals surface area contributed by atoms with Crippen LogP contribution in [0.1, 0.15) is 54.4 Å². The van der Waals surface area contributed by atoms with E-state index in [0.717, 1.165) is 4.91 Å². The Bertz CT molecular complexity index is 620. The molecule has 160 valence electrons. The first-order valence-corrected chi connectivity index (χ1v) is 9.83. The summed E-state index contributed by atoms with van der Waals surface area (Å²) >= 11 is 1.26. The Hall–Kier alpha value is -1.82. The highest BCUT2D eigenvalue weighted by atomic mass is 32.2. The molecule has 0 aromatic rings. The van der Waals surface area contributed by atoms with E-state index in [4.69, 9.17) is 0 Å². The van der Waals surface area contributed by atoms with Crippen LogP contribution in [0, 0.1) is 11.3 Å². The molecule has 0 aromatic heterocycles. The number of nitrogens with zero attached hydrogens (tertiary/aromatic N) is 2. The number of aliphatic hydroxyl groups excluding tert-OH is 1. The summed E-state index contributed by atoms with van der Waals surface area (Å²) in [6.45, 7) is 10.9. The molecule has 0 saturated heterocycles. The van der Waals surface area contributed by atoms with Crippen LogP contribution >= 0.6 is 11.9 Å². The molecule has 0 radical (unpaired) electrons. The SMILES string of the molecule is CC1=CNN(NC(=O)[C@@H](NC(=O)N(O)C(=O)[C@@H](O)CCC(C)C)C(C)(C)C)S1. The van der Waals surface area contributed by atoms with E-state index in [1.54, 1.807) is 27.0 Å². The Kier molecular flexibility index (Phi) is 8.74. The van der Waals surface area contributed by atoms with Gasteiger partial charge in [-0.05, 0) is 43.0 Å². The minimum Gasteiger partial charge on any atom is -0.383 e. The lowest BCUT2D eigenvalue weighted by Gasteiger charge is -2.32. The van der Waals surface area contributed by atoms with E-state index >= 15 is 0 Å². The van der Waals surface area contributed by atoms with Crippen molar-refractivity contribution >= 4 is 29.8 Å². The van der Waals surface area contributed by atoms with E-state index in [2.05, 4.69) is 16.2 Å². The molecule has 0 spiro atoms. The van der Waals surface area contributed by atoms with Gasteiger partial charge in [0.05, 0.1) is 0 Å². The number of hydrogen-bond donors (Lipinski definition) is 5. The summed E-state index contributed by atoms with van der Waals surface area (Å²) in [5.74, 6) is -1.42. The zero-order chi connectivity index (χ0) is 21.6. The molecule has 5 N–H and O–H groups in total. The number of hydrazine groups is 2. The first-order chi connectivity index (χ1) is 12.8. The van der Waals surface area contributed by atoms with E-state index < -0.39 is 35.4 Å². The molecular formula is C17H31N5O5S. The molecule has 1 rings (SSSR count). The van der Waals surface area contributed by atoms with Crippen LogP contribution in [0.5, 0.6) is 0 Å². The Labute approximate surface area is 169 Å². The number of allylic oxidation sites excluding steroid dienone is 1. The first kappa shape index (κ1) is 24.2. The summed E-state index contributed by atoms with van der Waals surface area (Å²) in [6, 6.07) is -2.24. The summed E-state index contributed by atoms with van der Waals surface area (Å²) < 4.78 is 1.38. The molecule has 0 aromatic carbocycles. The average Bonchev–Trinajstić information content (AvgIpc) is 2.99. The van der Waals surface area contributed by atoms with E-state index in [1.165, 1.54) is 16.5 Å². The van der Waals surface area contributed by atoms with Gasteiger partial charge in [-0.3, -0.25) is 25.6 Å². The van der Waals surface area contributed by atoms with Crippen LogP contribution in [0.3, 0.4) is 0 Å². The second-order valence-corrected chi connectivity index (χ2v) is 9.32. The number of hydroxylamine groups is 2. The molecule has 28 heavy (non-hydrogen) atoms. The maximum atomic E-state index is 12.6. The van der Waals surface area contributed by atoms with E-state index in [0.29, 0.717) is 6.42 Å². The zero-order valence-electron chi connectivity index (χ0n) is 17.1. The van der Waals surface area contributed by atoms with Crippen molar-refractivity contribution in [3.05, 3.63) is 11.1 Å². The third-order valence-corrected chi connectivity index (χ3v) is 4.72. The van der Waals surface area contributed by atoms with Gasteiger partial charge in [-0.2, -0.15) is 0 Å². The van der Waals surface area contributed by atoms with Crippen LogP contribution in [-0.4, -0.2) is 49.9 Å². The fraction of sp³-hybridized carbons (Fsp3) is 0.706. The van der Waals surface area contributed by atoms with Crippen molar-refractivity contribution in [3.63, 3.8) is 0 Å². The summed E-state index contributed by atoms with van der Waals surface area (Å²) in [7, 11) is 0. The quantitative estimate of drug-likeness (QED) is 0.239. The maximum Gasteiger partial charge on any atom is 0.349 e. The third-order valence-electron chi connectivity index (χ3n) is 3.93.